The molecule has 1 aliphatic carbocycles. The number of hydrogen-bond donors (Lipinski definition) is 1. The molecule has 1 N–H and O–H groups in total. The van der Waals surface area contributed by atoms with E-state index in [0.29, 0.717) is 38.7 Å². The summed E-state index contributed by atoms with van der Waals surface area (Å²) < 4.78 is 17.1. The monoisotopic (exact) mass is 455 g/mol. The molecule has 1 aromatic heterocycles. The summed E-state index contributed by atoms with van der Waals surface area (Å²) >= 11 is 0. The maximum absolute atomic E-state index is 12.9. The lowest BCUT2D eigenvalue weighted by Crippen LogP contribution is -2.50. The summed E-state index contributed by atoms with van der Waals surface area (Å²) in [5.41, 5.74) is 2.50. The van der Waals surface area contributed by atoms with Crippen LogP contribution in [0, 0.1) is 0 Å². The van der Waals surface area contributed by atoms with Crippen LogP contribution in [0.1, 0.15) is 68.0 Å². The van der Waals surface area contributed by atoms with E-state index >= 15 is 0 Å². The second-order valence-corrected chi connectivity index (χ2v) is 9.20. The van der Waals surface area contributed by atoms with Crippen LogP contribution in [0.5, 0.6) is 0 Å². The number of amides is 1. The number of H-pyrrole nitrogens is 1. The third-order valence-corrected chi connectivity index (χ3v) is 7.10. The van der Waals surface area contributed by atoms with Gasteiger partial charge in [-0.2, -0.15) is 5.10 Å². The Morgan fingerprint density at radius 1 is 1.09 bits per heavy atom. The molecule has 2 aliphatic rings. The number of aromatic amines is 1. The number of ether oxygens (including phenoxy) is 3. The second kappa shape index (κ2) is 12.2. The molecular weight excluding hydrogens is 418 g/mol. The molecule has 1 aromatic carbocycles. The summed E-state index contributed by atoms with van der Waals surface area (Å²) in [5, 5.41) is 7.26. The van der Waals surface area contributed by atoms with Gasteiger partial charge >= 0.3 is 6.09 Å². The van der Waals surface area contributed by atoms with Crippen molar-refractivity contribution in [1.82, 2.24) is 15.1 Å². The van der Waals surface area contributed by atoms with Gasteiger partial charge in [0.1, 0.15) is 0 Å². The van der Waals surface area contributed by atoms with Crippen LogP contribution >= 0.6 is 0 Å². The Labute approximate surface area is 196 Å². The lowest BCUT2D eigenvalue weighted by atomic mass is 9.82. The summed E-state index contributed by atoms with van der Waals surface area (Å²) in [5.74, 6) is 0.797. The summed E-state index contributed by atoms with van der Waals surface area (Å²) in [6, 6.07) is 12.8. The number of carbonyl (C=O) groups excluding carboxylic acids is 1. The van der Waals surface area contributed by atoms with Crippen molar-refractivity contribution in [3.63, 3.8) is 0 Å². The molecule has 0 bridgehead atoms. The van der Waals surface area contributed by atoms with Crippen LogP contribution in [0.3, 0.4) is 0 Å². The topological polar surface area (TPSA) is 76.7 Å². The van der Waals surface area contributed by atoms with Crippen molar-refractivity contribution in [2.45, 2.75) is 68.9 Å². The number of aromatic nitrogens is 2. The summed E-state index contributed by atoms with van der Waals surface area (Å²) in [6.07, 6.45) is 8.82. The van der Waals surface area contributed by atoms with Gasteiger partial charge in [0.2, 0.25) is 0 Å². The van der Waals surface area contributed by atoms with Gasteiger partial charge in [0.15, 0.2) is 0 Å². The van der Waals surface area contributed by atoms with Gasteiger partial charge in [-0.1, -0.05) is 30.3 Å². The predicted octanol–water partition coefficient (Wildman–Crippen LogP) is 4.87. The molecule has 33 heavy (non-hydrogen) atoms. The number of rotatable bonds is 9. The van der Waals surface area contributed by atoms with Crippen molar-refractivity contribution in [3.05, 3.63) is 53.9 Å². The third kappa shape index (κ3) is 6.36. The molecular formula is C26H37N3O4. The first-order valence-corrected chi connectivity index (χ1v) is 12.3. The summed E-state index contributed by atoms with van der Waals surface area (Å²) in [7, 11) is 1.65. The summed E-state index contributed by atoms with van der Waals surface area (Å²) in [6.45, 7) is 2.18. The van der Waals surface area contributed by atoms with Gasteiger partial charge in [0, 0.05) is 44.5 Å². The molecule has 2 atom stereocenters. The molecule has 0 spiro atoms. The van der Waals surface area contributed by atoms with Crippen LogP contribution in [0.25, 0.3) is 0 Å². The molecule has 2 fully saturated rings. The number of piperidine rings is 1. The number of hydrogen-bond acceptors (Lipinski definition) is 5. The molecule has 4 rings (SSSR count). The molecule has 0 radical (unpaired) electrons. The normalized spacial score (nSPS) is 25.7. The van der Waals surface area contributed by atoms with Gasteiger partial charge in [-0.3, -0.25) is 5.10 Å². The van der Waals surface area contributed by atoms with Crippen molar-refractivity contribution in [2.24, 2.45) is 0 Å². The van der Waals surface area contributed by atoms with E-state index in [4.69, 9.17) is 14.2 Å². The number of carbonyl (C=O) groups is 1. The Morgan fingerprint density at radius 3 is 2.64 bits per heavy atom. The average molecular weight is 456 g/mol. The Morgan fingerprint density at radius 2 is 1.91 bits per heavy atom. The highest BCUT2D eigenvalue weighted by Crippen LogP contribution is 2.36. The highest BCUT2D eigenvalue weighted by atomic mass is 16.6. The molecule has 1 aliphatic heterocycles. The van der Waals surface area contributed by atoms with Crippen molar-refractivity contribution in [2.75, 3.05) is 33.5 Å². The maximum atomic E-state index is 12.9. The Bertz CT molecular complexity index is 821. The van der Waals surface area contributed by atoms with Crippen molar-refractivity contribution < 1.29 is 19.0 Å². The summed E-state index contributed by atoms with van der Waals surface area (Å²) in [4.78, 5) is 14.8. The number of benzene rings is 1. The van der Waals surface area contributed by atoms with Gasteiger partial charge in [0.05, 0.1) is 25.4 Å². The van der Waals surface area contributed by atoms with Crippen LogP contribution in [0.4, 0.5) is 4.79 Å². The van der Waals surface area contributed by atoms with E-state index in [9.17, 15) is 4.79 Å². The van der Waals surface area contributed by atoms with E-state index in [1.807, 2.05) is 11.0 Å². The molecule has 2 aromatic rings. The molecule has 7 heteroatoms. The van der Waals surface area contributed by atoms with Crippen LogP contribution in [-0.4, -0.2) is 66.8 Å². The minimum absolute atomic E-state index is 0.0547. The lowest BCUT2D eigenvalue weighted by Gasteiger charge is -2.41. The number of nitrogens with zero attached hydrogens (tertiary/aromatic N) is 2. The largest absolute Gasteiger partial charge is 0.449 e. The zero-order valence-electron chi connectivity index (χ0n) is 19.7. The SMILES string of the molecule is COCCCOC(=O)N1CCC[C@H](c2ccn[nH]2)[C@@H]1COC1CCC(c2ccccc2)CC1. The first-order valence-electron chi connectivity index (χ1n) is 12.3. The highest BCUT2D eigenvalue weighted by Gasteiger charge is 2.37. The van der Waals surface area contributed by atoms with Crippen LogP contribution in [0.2, 0.25) is 0 Å². The van der Waals surface area contributed by atoms with E-state index in [-0.39, 0.29) is 24.2 Å². The van der Waals surface area contributed by atoms with E-state index < -0.39 is 0 Å². The maximum Gasteiger partial charge on any atom is 0.410 e. The van der Waals surface area contributed by atoms with Gasteiger partial charge in [-0.05, 0) is 56.1 Å². The molecule has 0 unspecified atom stereocenters. The van der Waals surface area contributed by atoms with E-state index in [0.717, 1.165) is 44.2 Å². The minimum Gasteiger partial charge on any atom is -0.449 e. The Balaban J connectivity index is 1.35. The van der Waals surface area contributed by atoms with Gasteiger partial charge in [-0.15, -0.1) is 0 Å². The van der Waals surface area contributed by atoms with E-state index in [2.05, 4.69) is 40.5 Å². The van der Waals surface area contributed by atoms with Gasteiger partial charge in [0.25, 0.3) is 0 Å². The zero-order chi connectivity index (χ0) is 22.9. The fourth-order valence-corrected chi connectivity index (χ4v) is 5.29. The molecule has 1 saturated carbocycles. The smallest absolute Gasteiger partial charge is 0.410 e. The standard InChI is InChI=1S/C26H37N3O4/c1-31-17-6-18-32-26(30)29-16-5-9-23(24-14-15-27-28-24)25(29)19-33-22-12-10-21(11-13-22)20-7-3-2-4-8-20/h2-4,7-8,14-15,21-23,25H,5-6,9-13,16-19H2,1H3,(H,27,28)/t21?,22?,23-,25+/m1/s1. The fraction of sp³-hybridized carbons (Fsp3) is 0.615. The average Bonchev–Trinajstić information content (AvgIpc) is 3.41. The van der Waals surface area contributed by atoms with Crippen LogP contribution in [-0.2, 0) is 14.2 Å². The van der Waals surface area contributed by atoms with E-state index in [1.54, 1.807) is 13.3 Å². The minimum atomic E-state index is -0.253. The number of nitrogens with one attached hydrogen (secondary N) is 1. The fourth-order valence-electron chi connectivity index (χ4n) is 5.29. The number of likely N-dealkylation sites (tertiary alicyclic amines) is 1. The zero-order valence-corrected chi connectivity index (χ0v) is 19.7. The Hall–Kier alpha value is -2.38. The Kier molecular flexibility index (Phi) is 8.78. The molecule has 7 nitrogen and oxygen atoms in total. The second-order valence-electron chi connectivity index (χ2n) is 9.20. The lowest BCUT2D eigenvalue weighted by molar-refractivity contribution is -0.0267. The molecule has 1 saturated heterocycles. The number of methoxy groups -OCH3 is 1. The molecule has 2 heterocycles. The quantitative estimate of drug-likeness (QED) is 0.546. The van der Waals surface area contributed by atoms with Crippen molar-refractivity contribution in [1.29, 1.82) is 0 Å². The highest BCUT2D eigenvalue weighted by molar-refractivity contribution is 5.68. The van der Waals surface area contributed by atoms with Gasteiger partial charge in [-0.25, -0.2) is 4.79 Å². The van der Waals surface area contributed by atoms with Gasteiger partial charge < -0.3 is 19.1 Å². The molecule has 1 amide bonds. The molecule has 180 valence electrons. The first-order chi connectivity index (χ1) is 16.3. The predicted molar refractivity (Wildman–Crippen MR) is 126 cm³/mol. The third-order valence-electron chi connectivity index (χ3n) is 7.10. The van der Waals surface area contributed by atoms with Crippen LogP contribution < -0.4 is 0 Å². The van der Waals surface area contributed by atoms with E-state index in [1.165, 1.54) is 5.56 Å². The van der Waals surface area contributed by atoms with Crippen LogP contribution in [0.15, 0.2) is 42.6 Å². The first kappa shape index (κ1) is 23.8. The van der Waals surface area contributed by atoms with Crippen molar-refractivity contribution in [3.8, 4) is 0 Å². The van der Waals surface area contributed by atoms with Crippen molar-refractivity contribution >= 4 is 6.09 Å².